The van der Waals surface area contributed by atoms with Crippen LogP contribution in [0.3, 0.4) is 0 Å². The van der Waals surface area contributed by atoms with E-state index in [1.54, 1.807) is 0 Å². The van der Waals surface area contributed by atoms with Crippen LogP contribution in [0.15, 0.2) is 0 Å². The lowest BCUT2D eigenvalue weighted by atomic mass is 9.92. The summed E-state index contributed by atoms with van der Waals surface area (Å²) in [5.41, 5.74) is 6.61. The minimum absolute atomic E-state index is 0. The smallest absolute Gasteiger partial charge is 0.00826 e. The van der Waals surface area contributed by atoms with Crippen molar-refractivity contribution in [1.29, 1.82) is 0 Å². The topological polar surface area (TPSA) is 29.3 Å². The van der Waals surface area contributed by atoms with Crippen LogP contribution in [-0.4, -0.2) is 30.6 Å². The van der Waals surface area contributed by atoms with Crippen molar-refractivity contribution in [2.75, 3.05) is 19.6 Å². The highest BCUT2D eigenvalue weighted by atomic mass is 35.5. The molecule has 2 N–H and O–H groups in total. The van der Waals surface area contributed by atoms with Gasteiger partial charge in [-0.15, -0.1) is 12.4 Å². The van der Waals surface area contributed by atoms with Crippen LogP contribution >= 0.6 is 12.4 Å². The van der Waals surface area contributed by atoms with Crippen molar-refractivity contribution in [2.45, 2.75) is 46.1 Å². The van der Waals surface area contributed by atoms with Crippen LogP contribution in [0.1, 0.15) is 40.0 Å². The molecule has 3 atom stereocenters. The van der Waals surface area contributed by atoms with Crippen molar-refractivity contribution in [3.8, 4) is 0 Å². The largest absolute Gasteiger partial charge is 0.327 e. The van der Waals surface area contributed by atoms with Gasteiger partial charge in [0.05, 0.1) is 0 Å². The molecule has 0 bridgehead atoms. The lowest BCUT2D eigenvalue weighted by molar-refractivity contribution is 0.249. The highest BCUT2D eigenvalue weighted by Crippen LogP contribution is 2.37. The Labute approximate surface area is 106 Å². The number of fused-ring (bicyclic) bond motifs is 1. The van der Waals surface area contributed by atoms with Crippen molar-refractivity contribution in [2.24, 2.45) is 23.0 Å². The second kappa shape index (κ2) is 5.24. The van der Waals surface area contributed by atoms with Gasteiger partial charge >= 0.3 is 0 Å². The van der Waals surface area contributed by atoms with Gasteiger partial charge in [0.15, 0.2) is 0 Å². The third kappa shape index (κ3) is 3.35. The summed E-state index contributed by atoms with van der Waals surface area (Å²) < 4.78 is 0. The molecule has 0 amide bonds. The summed E-state index contributed by atoms with van der Waals surface area (Å²) in [6, 6.07) is 0.495. The number of likely N-dealkylation sites (tertiary alicyclic amines) is 1. The highest BCUT2D eigenvalue weighted by Gasteiger charge is 2.40. The molecule has 3 unspecified atom stereocenters. The monoisotopic (exact) mass is 246 g/mol. The van der Waals surface area contributed by atoms with Gasteiger partial charge in [-0.05, 0) is 43.1 Å². The third-order valence-electron chi connectivity index (χ3n) is 4.17. The molecule has 16 heavy (non-hydrogen) atoms. The minimum atomic E-state index is 0. The van der Waals surface area contributed by atoms with Crippen molar-refractivity contribution in [3.05, 3.63) is 0 Å². The van der Waals surface area contributed by atoms with Crippen molar-refractivity contribution < 1.29 is 0 Å². The molecule has 1 heterocycles. The number of hydrogen-bond acceptors (Lipinski definition) is 2. The molecule has 0 spiro atoms. The van der Waals surface area contributed by atoms with Gasteiger partial charge in [0, 0.05) is 19.1 Å². The Morgan fingerprint density at radius 3 is 2.44 bits per heavy atom. The summed E-state index contributed by atoms with van der Waals surface area (Å²) in [6.07, 6.45) is 3.95. The molecule has 2 aliphatic rings. The van der Waals surface area contributed by atoms with Gasteiger partial charge in [-0.1, -0.05) is 20.8 Å². The SMILES string of the molecule is CC(C)(C)CCN1CC2CCC(N)C2C1.Cl. The summed E-state index contributed by atoms with van der Waals surface area (Å²) in [7, 11) is 0. The summed E-state index contributed by atoms with van der Waals surface area (Å²) in [6.45, 7) is 10.8. The van der Waals surface area contributed by atoms with Crippen LogP contribution in [-0.2, 0) is 0 Å². The maximum Gasteiger partial charge on any atom is 0.00826 e. The first-order valence-corrected chi connectivity index (χ1v) is 6.44. The molecule has 0 aromatic heterocycles. The zero-order valence-corrected chi connectivity index (χ0v) is 11.7. The molecule has 3 heteroatoms. The Balaban J connectivity index is 0.00000128. The van der Waals surface area contributed by atoms with E-state index >= 15 is 0 Å². The normalized spacial score (nSPS) is 34.9. The van der Waals surface area contributed by atoms with E-state index in [4.69, 9.17) is 5.73 Å². The second-order valence-electron chi connectivity index (χ2n) is 6.74. The van der Waals surface area contributed by atoms with Crippen molar-refractivity contribution >= 4 is 12.4 Å². The van der Waals surface area contributed by atoms with Gasteiger partial charge in [0.1, 0.15) is 0 Å². The van der Waals surface area contributed by atoms with Gasteiger partial charge in [-0.3, -0.25) is 0 Å². The molecule has 1 saturated carbocycles. The van der Waals surface area contributed by atoms with E-state index < -0.39 is 0 Å². The first-order chi connectivity index (χ1) is 6.96. The third-order valence-corrected chi connectivity index (χ3v) is 4.17. The molecular weight excluding hydrogens is 220 g/mol. The van der Waals surface area contributed by atoms with E-state index in [1.807, 2.05) is 0 Å². The van der Waals surface area contributed by atoms with E-state index in [9.17, 15) is 0 Å². The van der Waals surface area contributed by atoms with Crippen LogP contribution in [0.5, 0.6) is 0 Å². The molecule has 1 aliphatic heterocycles. The van der Waals surface area contributed by atoms with Gasteiger partial charge in [0.2, 0.25) is 0 Å². The quantitative estimate of drug-likeness (QED) is 0.811. The number of nitrogens with zero attached hydrogens (tertiary/aromatic N) is 1. The van der Waals surface area contributed by atoms with Crippen molar-refractivity contribution in [1.82, 2.24) is 4.90 Å². The second-order valence-corrected chi connectivity index (χ2v) is 6.74. The van der Waals surface area contributed by atoms with Crippen LogP contribution in [0, 0.1) is 17.3 Å². The molecule has 0 aromatic rings. The minimum Gasteiger partial charge on any atom is -0.327 e. The molecule has 0 radical (unpaired) electrons. The predicted molar refractivity (Wildman–Crippen MR) is 71.9 cm³/mol. The van der Waals surface area contributed by atoms with Gasteiger partial charge in [0.25, 0.3) is 0 Å². The molecule has 1 saturated heterocycles. The molecule has 96 valence electrons. The number of halogens is 1. The van der Waals surface area contributed by atoms with E-state index in [2.05, 4.69) is 25.7 Å². The molecule has 0 aromatic carbocycles. The fourth-order valence-corrected chi connectivity index (χ4v) is 3.08. The maximum atomic E-state index is 6.14. The first kappa shape index (κ1) is 14.3. The Hall–Kier alpha value is 0.210. The molecular formula is C13H27ClN2. The first-order valence-electron chi connectivity index (χ1n) is 6.44. The summed E-state index contributed by atoms with van der Waals surface area (Å²) in [5.74, 6) is 1.73. The molecule has 2 nitrogen and oxygen atoms in total. The lowest BCUT2D eigenvalue weighted by Gasteiger charge is -2.24. The number of nitrogens with two attached hydrogens (primary N) is 1. The highest BCUT2D eigenvalue weighted by molar-refractivity contribution is 5.85. The molecule has 2 rings (SSSR count). The maximum absolute atomic E-state index is 6.14. The zero-order valence-electron chi connectivity index (χ0n) is 10.9. The fraction of sp³-hybridized carbons (Fsp3) is 1.00. The lowest BCUT2D eigenvalue weighted by Crippen LogP contribution is -2.31. The van der Waals surface area contributed by atoms with Gasteiger partial charge in [-0.2, -0.15) is 0 Å². The van der Waals surface area contributed by atoms with E-state index in [-0.39, 0.29) is 12.4 Å². The standard InChI is InChI=1S/C13H26N2.ClH/c1-13(2,3)6-7-15-8-10-4-5-12(14)11(10)9-15;/h10-12H,4-9,14H2,1-3H3;1H. The average Bonchev–Trinajstić information content (AvgIpc) is 2.64. The molecule has 2 fully saturated rings. The van der Waals surface area contributed by atoms with E-state index in [0.717, 1.165) is 11.8 Å². The Morgan fingerprint density at radius 2 is 1.88 bits per heavy atom. The van der Waals surface area contributed by atoms with Crippen LogP contribution in [0.25, 0.3) is 0 Å². The van der Waals surface area contributed by atoms with Gasteiger partial charge < -0.3 is 10.6 Å². The van der Waals surface area contributed by atoms with Crippen molar-refractivity contribution in [3.63, 3.8) is 0 Å². The van der Waals surface area contributed by atoms with Crippen LogP contribution in [0.4, 0.5) is 0 Å². The van der Waals surface area contributed by atoms with Crippen LogP contribution in [0.2, 0.25) is 0 Å². The zero-order chi connectivity index (χ0) is 11.1. The van der Waals surface area contributed by atoms with E-state index in [0.29, 0.717) is 11.5 Å². The average molecular weight is 247 g/mol. The van der Waals surface area contributed by atoms with Crippen LogP contribution < -0.4 is 5.73 Å². The Bertz CT molecular complexity index is 224. The Morgan fingerprint density at radius 1 is 1.19 bits per heavy atom. The van der Waals surface area contributed by atoms with Gasteiger partial charge in [-0.25, -0.2) is 0 Å². The van der Waals surface area contributed by atoms with E-state index in [1.165, 1.54) is 38.9 Å². The Kier molecular flexibility index (Phi) is 4.67. The molecule has 1 aliphatic carbocycles. The number of hydrogen-bond donors (Lipinski definition) is 1. The summed E-state index contributed by atoms with van der Waals surface area (Å²) in [5, 5.41) is 0. The predicted octanol–water partition coefficient (Wildman–Crippen LogP) is 2.51. The fourth-order valence-electron chi connectivity index (χ4n) is 3.08. The number of rotatable bonds is 2. The summed E-state index contributed by atoms with van der Waals surface area (Å²) >= 11 is 0. The summed E-state index contributed by atoms with van der Waals surface area (Å²) in [4.78, 5) is 2.64.